The van der Waals surface area contributed by atoms with E-state index in [0.717, 1.165) is 6.42 Å². The summed E-state index contributed by atoms with van der Waals surface area (Å²) in [6.45, 7) is 4.48. The molecule has 1 saturated carbocycles. The van der Waals surface area contributed by atoms with Gasteiger partial charge in [-0.05, 0) is 66.6 Å². The van der Waals surface area contributed by atoms with Gasteiger partial charge in [-0.25, -0.2) is 0 Å². The largest absolute Gasteiger partial charge is 0.357 e. The third-order valence-corrected chi connectivity index (χ3v) is 7.27. The van der Waals surface area contributed by atoms with E-state index in [4.69, 9.17) is 0 Å². The normalized spacial score (nSPS) is 23.4. The van der Waals surface area contributed by atoms with Crippen molar-refractivity contribution in [2.24, 2.45) is 0 Å². The van der Waals surface area contributed by atoms with E-state index in [2.05, 4.69) is 78.7 Å². The summed E-state index contributed by atoms with van der Waals surface area (Å²) in [7, 11) is 0. The fraction of sp³-hybridized carbons (Fsp3) is 0.333. The summed E-state index contributed by atoms with van der Waals surface area (Å²) in [5.74, 6) is 0.656. The Kier molecular flexibility index (Phi) is 3.86. The first-order valence-corrected chi connectivity index (χ1v) is 11.0. The molecule has 2 heterocycles. The fourth-order valence-corrected chi connectivity index (χ4v) is 6.07. The average Bonchev–Trinajstić information content (AvgIpc) is 3.33. The molecular formula is C27H28N2. The van der Waals surface area contributed by atoms with Crippen LogP contribution >= 0.6 is 0 Å². The van der Waals surface area contributed by atoms with Gasteiger partial charge in [0.25, 0.3) is 0 Å². The first kappa shape index (κ1) is 17.3. The number of fused-ring (bicyclic) bond motifs is 6. The number of aryl methyl sites for hydroxylation is 2. The first-order chi connectivity index (χ1) is 14.2. The van der Waals surface area contributed by atoms with Crippen LogP contribution in [0.1, 0.15) is 59.2 Å². The van der Waals surface area contributed by atoms with Gasteiger partial charge in [0.15, 0.2) is 0 Å². The van der Waals surface area contributed by atoms with Crippen molar-refractivity contribution in [1.82, 2.24) is 10.3 Å². The van der Waals surface area contributed by atoms with Crippen LogP contribution in [0.2, 0.25) is 0 Å². The minimum Gasteiger partial charge on any atom is -0.357 e. The number of aromatic amines is 1. The minimum atomic E-state index is 0.349. The van der Waals surface area contributed by atoms with Gasteiger partial charge >= 0.3 is 0 Å². The summed E-state index contributed by atoms with van der Waals surface area (Å²) in [6.07, 6.45) is 4.97. The number of hydrogen-bond acceptors (Lipinski definition) is 1. The van der Waals surface area contributed by atoms with Crippen molar-refractivity contribution in [3.63, 3.8) is 0 Å². The van der Waals surface area contributed by atoms with Gasteiger partial charge in [-0.3, -0.25) is 0 Å². The predicted octanol–water partition coefficient (Wildman–Crippen LogP) is 6.46. The number of aromatic nitrogens is 1. The molecule has 1 fully saturated rings. The monoisotopic (exact) mass is 380 g/mol. The molecular weight excluding hydrogens is 352 g/mol. The maximum atomic E-state index is 4.05. The van der Waals surface area contributed by atoms with Gasteiger partial charge < -0.3 is 10.3 Å². The molecule has 0 amide bonds. The first-order valence-electron chi connectivity index (χ1n) is 11.0. The van der Waals surface area contributed by atoms with Gasteiger partial charge in [-0.15, -0.1) is 0 Å². The molecule has 6 rings (SSSR count). The summed E-state index contributed by atoms with van der Waals surface area (Å²) < 4.78 is 0. The molecule has 1 aromatic heterocycles. The van der Waals surface area contributed by atoms with Crippen molar-refractivity contribution >= 4 is 21.7 Å². The smallest absolute Gasteiger partial charge is 0.0519 e. The van der Waals surface area contributed by atoms with Crippen molar-refractivity contribution in [3.8, 4) is 0 Å². The minimum absolute atomic E-state index is 0.349. The maximum absolute atomic E-state index is 4.05. The van der Waals surface area contributed by atoms with E-state index in [0.29, 0.717) is 18.0 Å². The van der Waals surface area contributed by atoms with Crippen LogP contribution in [-0.4, -0.2) is 11.0 Å². The topological polar surface area (TPSA) is 27.8 Å². The van der Waals surface area contributed by atoms with Crippen LogP contribution in [0.4, 0.5) is 0 Å². The number of H-pyrrole nitrogens is 1. The van der Waals surface area contributed by atoms with Crippen molar-refractivity contribution in [3.05, 3.63) is 82.5 Å². The highest BCUT2D eigenvalue weighted by atomic mass is 15.0. The van der Waals surface area contributed by atoms with Gasteiger partial charge in [-0.1, -0.05) is 60.5 Å². The Labute approximate surface area is 172 Å². The summed E-state index contributed by atoms with van der Waals surface area (Å²) >= 11 is 0. The Morgan fingerprint density at radius 2 is 1.79 bits per heavy atom. The van der Waals surface area contributed by atoms with Gasteiger partial charge in [-0.2, -0.15) is 0 Å². The Morgan fingerprint density at radius 1 is 0.931 bits per heavy atom. The van der Waals surface area contributed by atoms with Gasteiger partial charge in [0, 0.05) is 28.6 Å². The molecule has 2 N–H and O–H groups in total. The highest BCUT2D eigenvalue weighted by Gasteiger charge is 2.39. The second-order valence-electron chi connectivity index (χ2n) is 9.16. The summed E-state index contributed by atoms with van der Waals surface area (Å²) in [5, 5.41) is 8.24. The van der Waals surface area contributed by atoms with Crippen LogP contribution in [0.5, 0.6) is 0 Å². The molecule has 3 atom stereocenters. The van der Waals surface area contributed by atoms with Crippen molar-refractivity contribution in [2.75, 3.05) is 0 Å². The number of nitrogens with one attached hydrogen (secondary N) is 2. The molecule has 0 unspecified atom stereocenters. The van der Waals surface area contributed by atoms with Gasteiger partial charge in [0.2, 0.25) is 0 Å². The summed E-state index contributed by atoms with van der Waals surface area (Å²) in [5.41, 5.74) is 8.57. The van der Waals surface area contributed by atoms with Crippen LogP contribution in [0.25, 0.3) is 21.7 Å². The van der Waals surface area contributed by atoms with E-state index in [1.54, 1.807) is 5.56 Å². The van der Waals surface area contributed by atoms with E-state index in [1.165, 1.54) is 63.3 Å². The molecule has 2 heteroatoms. The standard InChI is InChI=1S/C27H28N2/c1-16-13-17(2)26-22(14-16)25-21-11-6-12-23(21)28-24(27(25)29-26)15-19-9-5-8-18-7-3-4-10-20(18)19/h3-5,7-10,13-14,21,23-24,28-29H,6,11-12,15H2,1-2H3/t21-,23+,24-/m1/s1. The number of rotatable bonds is 2. The highest BCUT2D eigenvalue weighted by molar-refractivity contribution is 5.89. The highest BCUT2D eigenvalue weighted by Crippen LogP contribution is 2.47. The molecule has 4 aromatic rings. The van der Waals surface area contributed by atoms with Crippen LogP contribution < -0.4 is 5.32 Å². The Hall–Kier alpha value is -2.58. The zero-order chi connectivity index (χ0) is 19.5. The van der Waals surface area contributed by atoms with Crippen molar-refractivity contribution in [1.29, 1.82) is 0 Å². The third-order valence-electron chi connectivity index (χ3n) is 7.27. The molecule has 0 saturated heterocycles. The molecule has 2 aliphatic rings. The number of benzene rings is 3. The van der Waals surface area contributed by atoms with Crippen LogP contribution in [0.15, 0.2) is 54.6 Å². The van der Waals surface area contributed by atoms with Crippen LogP contribution in [0, 0.1) is 13.8 Å². The predicted molar refractivity (Wildman–Crippen MR) is 122 cm³/mol. The molecule has 1 aliphatic carbocycles. The quantitative estimate of drug-likeness (QED) is 0.410. The zero-order valence-corrected chi connectivity index (χ0v) is 17.3. The average molecular weight is 381 g/mol. The lowest BCUT2D eigenvalue weighted by Crippen LogP contribution is -2.40. The molecule has 146 valence electrons. The number of hydrogen-bond donors (Lipinski definition) is 2. The maximum Gasteiger partial charge on any atom is 0.0519 e. The zero-order valence-electron chi connectivity index (χ0n) is 17.3. The van der Waals surface area contributed by atoms with E-state index in [9.17, 15) is 0 Å². The van der Waals surface area contributed by atoms with E-state index in [1.807, 2.05) is 0 Å². The molecule has 3 aromatic carbocycles. The summed E-state index contributed by atoms with van der Waals surface area (Å²) in [4.78, 5) is 3.88. The Morgan fingerprint density at radius 3 is 2.72 bits per heavy atom. The molecule has 0 radical (unpaired) electrons. The van der Waals surface area contributed by atoms with E-state index >= 15 is 0 Å². The van der Waals surface area contributed by atoms with Crippen molar-refractivity contribution in [2.45, 2.75) is 57.5 Å². The van der Waals surface area contributed by atoms with E-state index < -0.39 is 0 Å². The van der Waals surface area contributed by atoms with Crippen molar-refractivity contribution < 1.29 is 0 Å². The molecule has 0 bridgehead atoms. The second kappa shape index (κ2) is 6.47. The lowest BCUT2D eigenvalue weighted by molar-refractivity contribution is 0.374. The van der Waals surface area contributed by atoms with Crippen LogP contribution in [0.3, 0.4) is 0 Å². The molecule has 1 aliphatic heterocycles. The summed E-state index contributed by atoms with van der Waals surface area (Å²) in [6, 6.07) is 21.2. The Bertz CT molecular complexity index is 1230. The third kappa shape index (κ3) is 2.66. The fourth-order valence-electron chi connectivity index (χ4n) is 6.07. The van der Waals surface area contributed by atoms with Gasteiger partial charge in [0.05, 0.1) is 6.04 Å². The van der Waals surface area contributed by atoms with E-state index in [-0.39, 0.29) is 0 Å². The van der Waals surface area contributed by atoms with Gasteiger partial charge in [0.1, 0.15) is 0 Å². The second-order valence-corrected chi connectivity index (χ2v) is 9.16. The lowest BCUT2D eigenvalue weighted by Gasteiger charge is -2.34. The molecule has 0 spiro atoms. The lowest BCUT2D eigenvalue weighted by atomic mass is 9.83. The Balaban J connectivity index is 1.52. The SMILES string of the molecule is Cc1cc(C)c2[nH]c3c(c2c1)[C@@H]1CCC[C@@H]1N[C@@H]3Cc1cccc2ccccc12. The molecule has 29 heavy (non-hydrogen) atoms. The molecule has 2 nitrogen and oxygen atoms in total. The van der Waals surface area contributed by atoms with Crippen LogP contribution in [-0.2, 0) is 6.42 Å².